The van der Waals surface area contributed by atoms with E-state index in [2.05, 4.69) is 18.2 Å². The van der Waals surface area contributed by atoms with Crippen LogP contribution in [0.5, 0.6) is 5.75 Å². The Labute approximate surface area is 122 Å². The normalized spacial score (nSPS) is 24.2. The summed E-state index contributed by atoms with van der Waals surface area (Å²) in [6.07, 6.45) is 6.87. The van der Waals surface area contributed by atoms with E-state index in [-0.39, 0.29) is 17.7 Å². The molecule has 0 saturated carbocycles. The molecule has 0 aromatic carbocycles. The first kappa shape index (κ1) is 13.5. The second-order valence-electron chi connectivity index (χ2n) is 5.44. The number of nitrogens with zero attached hydrogens (tertiary/aromatic N) is 1. The highest BCUT2D eigenvalue weighted by Crippen LogP contribution is 2.44. The van der Waals surface area contributed by atoms with E-state index in [1.165, 1.54) is 0 Å². The van der Waals surface area contributed by atoms with Crippen LogP contribution in [-0.2, 0) is 0 Å². The SMILES string of the molecule is Cc1cc2c(c(=O)o1)[C@H]([C@@H]1CC=CCC1)C(C#N)=C(N)O2. The molecule has 21 heavy (non-hydrogen) atoms. The average Bonchev–Trinajstić information content (AvgIpc) is 2.46. The summed E-state index contributed by atoms with van der Waals surface area (Å²) in [6, 6.07) is 3.76. The van der Waals surface area contributed by atoms with Crippen molar-refractivity contribution in [3.05, 3.63) is 51.4 Å². The van der Waals surface area contributed by atoms with Gasteiger partial charge < -0.3 is 14.9 Å². The average molecular weight is 284 g/mol. The van der Waals surface area contributed by atoms with Gasteiger partial charge in [0.15, 0.2) is 0 Å². The molecule has 2 heterocycles. The second-order valence-corrected chi connectivity index (χ2v) is 5.44. The first-order chi connectivity index (χ1) is 10.1. The number of hydrogen-bond donors (Lipinski definition) is 1. The fraction of sp³-hybridized carbons (Fsp3) is 0.375. The second kappa shape index (κ2) is 5.13. The molecule has 1 aliphatic carbocycles. The van der Waals surface area contributed by atoms with E-state index in [1.807, 2.05) is 0 Å². The molecule has 0 spiro atoms. The topological polar surface area (TPSA) is 89.2 Å². The summed E-state index contributed by atoms with van der Waals surface area (Å²) in [4.78, 5) is 12.3. The Balaban J connectivity index is 2.18. The van der Waals surface area contributed by atoms with Crippen LogP contribution in [0.3, 0.4) is 0 Å². The largest absolute Gasteiger partial charge is 0.440 e. The number of fused-ring (bicyclic) bond motifs is 1. The third-order valence-electron chi connectivity index (χ3n) is 4.08. The van der Waals surface area contributed by atoms with Gasteiger partial charge in [0, 0.05) is 12.0 Å². The Kier molecular flexibility index (Phi) is 3.30. The van der Waals surface area contributed by atoms with Crippen LogP contribution < -0.4 is 16.1 Å². The van der Waals surface area contributed by atoms with Gasteiger partial charge in [-0.1, -0.05) is 12.2 Å². The number of hydrogen-bond acceptors (Lipinski definition) is 5. The van der Waals surface area contributed by atoms with E-state index in [0.29, 0.717) is 22.6 Å². The molecule has 1 aromatic heterocycles. The van der Waals surface area contributed by atoms with E-state index >= 15 is 0 Å². The molecular formula is C16H16N2O3. The van der Waals surface area contributed by atoms with Crippen LogP contribution >= 0.6 is 0 Å². The van der Waals surface area contributed by atoms with Crippen LogP contribution in [0.2, 0.25) is 0 Å². The summed E-state index contributed by atoms with van der Waals surface area (Å²) in [5, 5.41) is 9.42. The maximum Gasteiger partial charge on any atom is 0.343 e. The van der Waals surface area contributed by atoms with Crippen LogP contribution in [0.15, 0.2) is 38.9 Å². The predicted molar refractivity (Wildman–Crippen MR) is 76.4 cm³/mol. The molecular weight excluding hydrogens is 268 g/mol. The number of nitriles is 1. The van der Waals surface area contributed by atoms with E-state index in [1.54, 1.807) is 13.0 Å². The summed E-state index contributed by atoms with van der Waals surface area (Å²) in [5.74, 6) is 0.792. The summed E-state index contributed by atoms with van der Waals surface area (Å²) in [6.45, 7) is 1.68. The quantitative estimate of drug-likeness (QED) is 0.800. The fourth-order valence-corrected chi connectivity index (χ4v) is 3.15. The van der Waals surface area contributed by atoms with Crippen LogP contribution in [0.4, 0.5) is 0 Å². The molecule has 0 fully saturated rings. The maximum atomic E-state index is 12.3. The molecule has 5 nitrogen and oxygen atoms in total. The monoisotopic (exact) mass is 284 g/mol. The molecule has 1 aliphatic heterocycles. The van der Waals surface area contributed by atoms with E-state index < -0.39 is 5.63 Å². The van der Waals surface area contributed by atoms with Crippen LogP contribution in [0, 0.1) is 24.2 Å². The first-order valence-corrected chi connectivity index (χ1v) is 6.99. The highest BCUT2D eigenvalue weighted by molar-refractivity contribution is 5.49. The molecule has 2 atom stereocenters. The van der Waals surface area contributed by atoms with Gasteiger partial charge in [-0.05, 0) is 32.1 Å². The van der Waals surface area contributed by atoms with Gasteiger partial charge in [0.25, 0.3) is 0 Å². The van der Waals surface area contributed by atoms with Gasteiger partial charge in [0.05, 0.1) is 11.1 Å². The van der Waals surface area contributed by atoms with Gasteiger partial charge in [-0.15, -0.1) is 0 Å². The lowest BCUT2D eigenvalue weighted by atomic mass is 9.75. The molecule has 5 heteroatoms. The van der Waals surface area contributed by atoms with Gasteiger partial charge in [-0.3, -0.25) is 0 Å². The zero-order valence-electron chi connectivity index (χ0n) is 11.8. The molecule has 0 bridgehead atoms. The molecule has 2 aliphatic rings. The lowest BCUT2D eigenvalue weighted by molar-refractivity contribution is 0.328. The van der Waals surface area contributed by atoms with Crippen molar-refractivity contribution in [2.24, 2.45) is 11.7 Å². The van der Waals surface area contributed by atoms with Crippen molar-refractivity contribution in [1.82, 2.24) is 0 Å². The Morgan fingerprint density at radius 3 is 2.90 bits per heavy atom. The Bertz CT molecular complexity index is 737. The summed E-state index contributed by atoms with van der Waals surface area (Å²) in [7, 11) is 0. The number of rotatable bonds is 1. The lowest BCUT2D eigenvalue weighted by Crippen LogP contribution is -2.30. The number of nitrogens with two attached hydrogens (primary N) is 1. The fourth-order valence-electron chi connectivity index (χ4n) is 3.15. The Morgan fingerprint density at radius 2 is 2.24 bits per heavy atom. The molecule has 0 amide bonds. The zero-order valence-corrected chi connectivity index (χ0v) is 11.8. The highest BCUT2D eigenvalue weighted by Gasteiger charge is 2.37. The minimum absolute atomic E-state index is 0.0922. The highest BCUT2D eigenvalue weighted by atomic mass is 16.5. The van der Waals surface area contributed by atoms with Crippen LogP contribution in [0.25, 0.3) is 0 Å². The van der Waals surface area contributed by atoms with E-state index in [9.17, 15) is 10.1 Å². The van der Waals surface area contributed by atoms with Crippen molar-refractivity contribution in [1.29, 1.82) is 5.26 Å². The summed E-state index contributed by atoms with van der Waals surface area (Å²) >= 11 is 0. The van der Waals surface area contributed by atoms with Gasteiger partial charge in [-0.2, -0.15) is 5.26 Å². The zero-order chi connectivity index (χ0) is 15.0. The van der Waals surface area contributed by atoms with Gasteiger partial charge in [0.1, 0.15) is 17.6 Å². The van der Waals surface area contributed by atoms with E-state index in [0.717, 1.165) is 19.3 Å². The van der Waals surface area contributed by atoms with E-state index in [4.69, 9.17) is 14.9 Å². The van der Waals surface area contributed by atoms with Crippen LogP contribution in [-0.4, -0.2) is 0 Å². The minimum Gasteiger partial charge on any atom is -0.440 e. The number of ether oxygens (including phenoxy) is 1. The maximum absolute atomic E-state index is 12.3. The molecule has 1 aromatic rings. The smallest absolute Gasteiger partial charge is 0.343 e. The molecule has 0 radical (unpaired) electrons. The van der Waals surface area contributed by atoms with Crippen molar-refractivity contribution in [3.63, 3.8) is 0 Å². The summed E-state index contributed by atoms with van der Waals surface area (Å²) in [5.41, 5.74) is 6.20. The van der Waals surface area contributed by atoms with Gasteiger partial charge >= 0.3 is 5.63 Å². The van der Waals surface area contributed by atoms with Gasteiger partial charge in [-0.25, -0.2) is 4.79 Å². The molecule has 0 saturated heterocycles. The minimum atomic E-state index is -0.440. The third kappa shape index (κ3) is 2.23. The predicted octanol–water partition coefficient (Wildman–Crippen LogP) is 2.47. The molecule has 2 N–H and O–H groups in total. The number of aryl methyl sites for hydroxylation is 1. The molecule has 0 unspecified atom stereocenters. The van der Waals surface area contributed by atoms with Crippen LogP contribution in [0.1, 0.15) is 36.5 Å². The van der Waals surface area contributed by atoms with Crippen molar-refractivity contribution >= 4 is 0 Å². The molecule has 3 rings (SSSR count). The molecule has 108 valence electrons. The van der Waals surface area contributed by atoms with Gasteiger partial charge in [0.2, 0.25) is 5.88 Å². The third-order valence-corrected chi connectivity index (χ3v) is 4.08. The lowest BCUT2D eigenvalue weighted by Gasteiger charge is -2.31. The Hall–Kier alpha value is -2.48. The van der Waals surface area contributed by atoms with Crippen molar-refractivity contribution in [2.45, 2.75) is 32.1 Å². The van der Waals surface area contributed by atoms with Crippen molar-refractivity contribution in [3.8, 4) is 11.8 Å². The standard InChI is InChI=1S/C16H16N2O3/c1-9-7-12-14(16(19)20-9)13(10-5-3-2-4-6-10)11(8-17)15(18)21-12/h2-3,7,10,13H,4-6,18H2,1H3/t10-,13-/m1/s1. The number of allylic oxidation sites excluding steroid dienone is 3. The summed E-state index contributed by atoms with van der Waals surface area (Å²) < 4.78 is 10.7. The Morgan fingerprint density at radius 1 is 1.43 bits per heavy atom. The first-order valence-electron chi connectivity index (χ1n) is 6.99. The van der Waals surface area contributed by atoms with Crippen molar-refractivity contribution in [2.75, 3.05) is 0 Å². The van der Waals surface area contributed by atoms with Crippen molar-refractivity contribution < 1.29 is 9.15 Å².